The molecule has 130 valence electrons. The molecule has 1 saturated heterocycles. The molecule has 5 heteroatoms. The van der Waals surface area contributed by atoms with Crippen molar-refractivity contribution in [1.82, 2.24) is 19.4 Å². The fraction of sp³-hybridized carbons (Fsp3) is 0.579. The van der Waals surface area contributed by atoms with Gasteiger partial charge in [-0.1, -0.05) is 13.3 Å². The summed E-state index contributed by atoms with van der Waals surface area (Å²) >= 11 is 0. The lowest BCUT2D eigenvalue weighted by Gasteiger charge is -2.31. The van der Waals surface area contributed by atoms with Crippen LogP contribution in [0.3, 0.4) is 0 Å². The smallest absolute Gasteiger partial charge is 0.250 e. The summed E-state index contributed by atoms with van der Waals surface area (Å²) in [7, 11) is 1.80. The van der Waals surface area contributed by atoms with Gasteiger partial charge in [-0.2, -0.15) is 0 Å². The number of unbranched alkanes of at least 4 members (excludes halogenated alkanes) is 1. The second-order valence-corrected chi connectivity index (χ2v) is 6.92. The van der Waals surface area contributed by atoms with E-state index in [2.05, 4.69) is 27.9 Å². The van der Waals surface area contributed by atoms with E-state index in [-0.39, 0.29) is 5.56 Å². The number of aromatic amines is 1. The molecule has 0 aromatic carbocycles. The van der Waals surface area contributed by atoms with Crippen molar-refractivity contribution >= 4 is 0 Å². The van der Waals surface area contributed by atoms with Gasteiger partial charge in [0, 0.05) is 44.2 Å². The Morgan fingerprint density at radius 2 is 2.12 bits per heavy atom. The number of hydrogen-bond acceptors (Lipinski definition) is 3. The van der Waals surface area contributed by atoms with Crippen molar-refractivity contribution in [1.29, 1.82) is 0 Å². The third-order valence-corrected chi connectivity index (χ3v) is 5.03. The second kappa shape index (κ2) is 7.79. The van der Waals surface area contributed by atoms with Crippen LogP contribution in [0, 0.1) is 0 Å². The summed E-state index contributed by atoms with van der Waals surface area (Å²) in [4.78, 5) is 22.2. The summed E-state index contributed by atoms with van der Waals surface area (Å²) in [5, 5.41) is 0. The first-order valence-corrected chi connectivity index (χ1v) is 9.07. The average molecular weight is 328 g/mol. The van der Waals surface area contributed by atoms with Gasteiger partial charge >= 0.3 is 0 Å². The molecule has 0 unspecified atom stereocenters. The highest BCUT2D eigenvalue weighted by molar-refractivity contribution is 5.17. The molecule has 24 heavy (non-hydrogen) atoms. The molecule has 0 amide bonds. The minimum absolute atomic E-state index is 0.0898. The predicted molar refractivity (Wildman–Crippen MR) is 96.1 cm³/mol. The predicted octanol–water partition coefficient (Wildman–Crippen LogP) is 2.83. The molecule has 2 aromatic rings. The van der Waals surface area contributed by atoms with Gasteiger partial charge in [0.2, 0.25) is 0 Å². The van der Waals surface area contributed by atoms with Crippen molar-refractivity contribution in [2.45, 2.75) is 51.5 Å². The lowest BCUT2D eigenvalue weighted by Crippen LogP contribution is -2.33. The number of rotatable bonds is 6. The van der Waals surface area contributed by atoms with Crippen molar-refractivity contribution in [2.24, 2.45) is 7.05 Å². The van der Waals surface area contributed by atoms with Crippen LogP contribution in [0.4, 0.5) is 0 Å². The summed E-state index contributed by atoms with van der Waals surface area (Å²) in [6.07, 6.45) is 9.53. The molecule has 0 saturated carbocycles. The summed E-state index contributed by atoms with van der Waals surface area (Å²) < 4.78 is 1.63. The number of piperidine rings is 1. The van der Waals surface area contributed by atoms with Crippen LogP contribution in [0.25, 0.3) is 0 Å². The monoisotopic (exact) mass is 328 g/mol. The Morgan fingerprint density at radius 1 is 1.33 bits per heavy atom. The van der Waals surface area contributed by atoms with Gasteiger partial charge in [-0.05, 0) is 49.9 Å². The third-order valence-electron chi connectivity index (χ3n) is 5.03. The molecule has 3 heterocycles. The molecule has 0 spiro atoms. The molecule has 0 radical (unpaired) electrons. The van der Waals surface area contributed by atoms with Gasteiger partial charge in [-0.15, -0.1) is 0 Å². The standard InChI is InChI=1S/C19H28N4O/c1-3-4-5-18-20-13-17(21-18)14-23-10-7-15(8-11-23)16-6-9-22(2)19(24)12-16/h6,9,12-13,15H,3-5,7-8,10-11,14H2,1-2H3,(H,20,21). The molecule has 5 nitrogen and oxygen atoms in total. The Morgan fingerprint density at radius 3 is 2.83 bits per heavy atom. The average Bonchev–Trinajstić information content (AvgIpc) is 3.03. The summed E-state index contributed by atoms with van der Waals surface area (Å²) in [5.41, 5.74) is 2.50. The van der Waals surface area contributed by atoms with Crippen molar-refractivity contribution in [2.75, 3.05) is 13.1 Å². The molecular formula is C19H28N4O. The molecule has 1 N–H and O–H groups in total. The van der Waals surface area contributed by atoms with E-state index < -0.39 is 0 Å². The van der Waals surface area contributed by atoms with Crippen LogP contribution < -0.4 is 5.56 Å². The largest absolute Gasteiger partial charge is 0.345 e. The molecule has 1 fully saturated rings. The van der Waals surface area contributed by atoms with Crippen LogP contribution in [0.2, 0.25) is 0 Å². The van der Waals surface area contributed by atoms with Crippen molar-refractivity contribution in [3.05, 3.63) is 52.0 Å². The number of pyridine rings is 1. The van der Waals surface area contributed by atoms with Crippen LogP contribution in [-0.2, 0) is 20.0 Å². The van der Waals surface area contributed by atoms with E-state index in [0.717, 1.165) is 44.7 Å². The maximum absolute atomic E-state index is 11.8. The summed E-state index contributed by atoms with van der Waals surface area (Å²) in [6, 6.07) is 3.89. The van der Waals surface area contributed by atoms with Gasteiger partial charge in [0.05, 0.1) is 0 Å². The minimum atomic E-state index is 0.0898. The first-order valence-electron chi connectivity index (χ1n) is 9.07. The lowest BCUT2D eigenvalue weighted by atomic mass is 9.90. The highest BCUT2D eigenvalue weighted by Gasteiger charge is 2.21. The molecule has 0 aliphatic carbocycles. The third kappa shape index (κ3) is 4.15. The number of hydrogen-bond donors (Lipinski definition) is 1. The molecule has 0 bridgehead atoms. The van der Waals surface area contributed by atoms with Crippen LogP contribution in [0.1, 0.15) is 55.6 Å². The van der Waals surface area contributed by atoms with E-state index in [1.807, 2.05) is 12.4 Å². The molecule has 1 aliphatic rings. The van der Waals surface area contributed by atoms with Gasteiger partial charge in [0.25, 0.3) is 5.56 Å². The van der Waals surface area contributed by atoms with Crippen LogP contribution >= 0.6 is 0 Å². The fourth-order valence-corrected chi connectivity index (χ4v) is 3.44. The minimum Gasteiger partial charge on any atom is -0.345 e. The Bertz CT molecular complexity index is 710. The Kier molecular flexibility index (Phi) is 5.51. The van der Waals surface area contributed by atoms with Crippen LogP contribution in [0.15, 0.2) is 29.3 Å². The second-order valence-electron chi connectivity index (χ2n) is 6.92. The van der Waals surface area contributed by atoms with Gasteiger partial charge in [-0.25, -0.2) is 4.98 Å². The number of imidazole rings is 1. The first kappa shape index (κ1) is 17.0. The van der Waals surface area contributed by atoms with E-state index in [9.17, 15) is 4.79 Å². The van der Waals surface area contributed by atoms with Crippen molar-refractivity contribution < 1.29 is 0 Å². The maximum Gasteiger partial charge on any atom is 0.250 e. The Hall–Kier alpha value is -1.88. The van der Waals surface area contributed by atoms with Crippen molar-refractivity contribution in [3.63, 3.8) is 0 Å². The van der Waals surface area contributed by atoms with Gasteiger partial charge in [0.1, 0.15) is 5.82 Å². The molecule has 1 aliphatic heterocycles. The van der Waals surface area contributed by atoms with E-state index in [1.54, 1.807) is 17.7 Å². The van der Waals surface area contributed by atoms with E-state index in [1.165, 1.54) is 24.1 Å². The first-order chi connectivity index (χ1) is 11.7. The zero-order valence-corrected chi connectivity index (χ0v) is 14.8. The van der Waals surface area contributed by atoms with Gasteiger partial charge in [-0.3, -0.25) is 9.69 Å². The number of H-pyrrole nitrogens is 1. The topological polar surface area (TPSA) is 53.9 Å². The van der Waals surface area contributed by atoms with E-state index in [0.29, 0.717) is 5.92 Å². The normalized spacial score (nSPS) is 16.6. The highest BCUT2D eigenvalue weighted by Crippen LogP contribution is 2.27. The number of aromatic nitrogens is 3. The Balaban J connectivity index is 1.52. The number of nitrogens with one attached hydrogen (secondary N) is 1. The lowest BCUT2D eigenvalue weighted by molar-refractivity contribution is 0.202. The van der Waals surface area contributed by atoms with Gasteiger partial charge in [0.15, 0.2) is 0 Å². The van der Waals surface area contributed by atoms with E-state index in [4.69, 9.17) is 0 Å². The number of likely N-dealkylation sites (tertiary alicyclic amines) is 1. The quantitative estimate of drug-likeness (QED) is 0.887. The molecule has 2 aromatic heterocycles. The zero-order chi connectivity index (χ0) is 16.9. The summed E-state index contributed by atoms with van der Waals surface area (Å²) in [6.45, 7) is 5.30. The van der Waals surface area contributed by atoms with Crippen LogP contribution in [-0.4, -0.2) is 32.5 Å². The molecule has 0 atom stereocenters. The fourth-order valence-electron chi connectivity index (χ4n) is 3.44. The van der Waals surface area contributed by atoms with Gasteiger partial charge < -0.3 is 9.55 Å². The van der Waals surface area contributed by atoms with Crippen LogP contribution in [0.5, 0.6) is 0 Å². The highest BCUT2D eigenvalue weighted by atomic mass is 16.1. The van der Waals surface area contributed by atoms with Crippen molar-refractivity contribution in [3.8, 4) is 0 Å². The molecule has 3 rings (SSSR count). The molecular weight excluding hydrogens is 300 g/mol. The number of aryl methyl sites for hydroxylation is 2. The van der Waals surface area contributed by atoms with E-state index >= 15 is 0 Å². The summed E-state index contributed by atoms with van der Waals surface area (Å²) in [5.74, 6) is 1.62. The maximum atomic E-state index is 11.8. The zero-order valence-electron chi connectivity index (χ0n) is 14.8. The SMILES string of the molecule is CCCCc1ncc(CN2CCC(c3ccn(C)c(=O)c3)CC2)[nH]1. The number of nitrogens with zero attached hydrogens (tertiary/aromatic N) is 3. The Labute approximate surface area is 143 Å².